The third kappa shape index (κ3) is 7.64. The number of rotatable bonds is 13. The number of carbonyl (C=O) groups is 3. The molecule has 7 nitrogen and oxygen atoms in total. The zero-order valence-electron chi connectivity index (χ0n) is 20.8. The lowest BCUT2D eigenvalue weighted by molar-refractivity contribution is -0.173. The molecule has 2 unspecified atom stereocenters. The average molecular weight is 533 g/mol. The van der Waals surface area contributed by atoms with E-state index in [4.69, 9.17) is 16.3 Å². The molecular weight excluding hydrogens is 500 g/mol. The first-order valence-electron chi connectivity index (χ1n) is 12.3. The van der Waals surface area contributed by atoms with Crippen molar-refractivity contribution in [3.8, 4) is 0 Å². The predicted molar refractivity (Wildman–Crippen MR) is 141 cm³/mol. The van der Waals surface area contributed by atoms with Crippen LogP contribution in [0.15, 0.2) is 48.5 Å². The fourth-order valence-electron chi connectivity index (χ4n) is 4.05. The Morgan fingerprint density at radius 1 is 1.03 bits per heavy atom. The highest BCUT2D eigenvalue weighted by atomic mass is 35.5. The Kier molecular flexibility index (Phi) is 10.5. The molecule has 0 aromatic heterocycles. The summed E-state index contributed by atoms with van der Waals surface area (Å²) in [6.45, 7) is 4.22. The fourth-order valence-corrected chi connectivity index (χ4v) is 5.55. The molecule has 9 heteroatoms. The Morgan fingerprint density at radius 2 is 1.67 bits per heavy atom. The van der Waals surface area contributed by atoms with Crippen LogP contribution in [0.5, 0.6) is 0 Å². The van der Waals surface area contributed by atoms with E-state index in [9.17, 15) is 18.6 Å². The summed E-state index contributed by atoms with van der Waals surface area (Å²) in [5.41, 5.74) is 2.46. The Labute approximate surface area is 220 Å². The minimum atomic E-state index is -1.41. The maximum absolute atomic E-state index is 12.8. The van der Waals surface area contributed by atoms with Gasteiger partial charge in [0.15, 0.2) is 0 Å². The average Bonchev–Trinajstić information content (AvgIpc) is 2.85. The van der Waals surface area contributed by atoms with Crippen LogP contribution in [0.2, 0.25) is 5.02 Å². The van der Waals surface area contributed by atoms with Gasteiger partial charge in [-0.05, 0) is 61.6 Å². The van der Waals surface area contributed by atoms with Gasteiger partial charge >= 0.3 is 5.97 Å². The van der Waals surface area contributed by atoms with E-state index >= 15 is 0 Å². The molecule has 1 aliphatic rings. The van der Waals surface area contributed by atoms with Gasteiger partial charge in [-0.1, -0.05) is 48.7 Å². The van der Waals surface area contributed by atoms with Crippen molar-refractivity contribution in [3.63, 3.8) is 0 Å². The summed E-state index contributed by atoms with van der Waals surface area (Å²) in [7, 11) is -1.41. The molecule has 0 bridgehead atoms. The third-order valence-corrected chi connectivity index (χ3v) is 7.97. The predicted octanol–water partition coefficient (Wildman–Crippen LogP) is 4.54. The van der Waals surface area contributed by atoms with E-state index in [0.717, 1.165) is 42.7 Å². The van der Waals surface area contributed by atoms with Crippen molar-refractivity contribution in [1.82, 2.24) is 10.0 Å². The van der Waals surface area contributed by atoms with E-state index in [1.807, 2.05) is 24.3 Å². The number of hydrogen-bond donors (Lipinski definition) is 0. The molecule has 3 rings (SSSR count). The molecule has 2 aromatic carbocycles. The lowest BCUT2D eigenvalue weighted by Crippen LogP contribution is -2.65. The highest BCUT2D eigenvalue weighted by Gasteiger charge is 2.44. The Hall–Kier alpha value is -2.71. The van der Waals surface area contributed by atoms with Crippen molar-refractivity contribution in [2.24, 2.45) is 0 Å². The van der Waals surface area contributed by atoms with E-state index in [2.05, 4.69) is 0 Å². The number of β-lactam (4-membered cyclic amide) rings is 1. The number of aryl methyl sites for hydroxylation is 1. The van der Waals surface area contributed by atoms with Gasteiger partial charge in [-0.3, -0.25) is 18.8 Å². The van der Waals surface area contributed by atoms with E-state index in [1.165, 1.54) is 22.5 Å². The monoisotopic (exact) mass is 532 g/mol. The number of carbonyl (C=O) groups excluding carboxylic acids is 3. The second-order valence-electron chi connectivity index (χ2n) is 8.78. The summed E-state index contributed by atoms with van der Waals surface area (Å²) in [5, 5.41) is 3.00. The molecule has 36 heavy (non-hydrogen) atoms. The largest absolute Gasteiger partial charge is 0.462 e. The van der Waals surface area contributed by atoms with E-state index in [0.29, 0.717) is 18.7 Å². The molecular formula is C27H33ClN2O5S. The Bertz CT molecular complexity index is 1070. The molecule has 1 heterocycles. The number of hydrogen-bond acceptors (Lipinski definition) is 5. The summed E-state index contributed by atoms with van der Waals surface area (Å²) < 4.78 is 17.8. The van der Waals surface area contributed by atoms with E-state index < -0.39 is 22.0 Å². The van der Waals surface area contributed by atoms with E-state index in [-0.39, 0.29) is 24.1 Å². The molecule has 194 valence electrons. The first-order valence-corrected chi connectivity index (χ1v) is 14.0. The number of amides is 2. The third-order valence-electron chi connectivity index (χ3n) is 6.11. The van der Waals surface area contributed by atoms with Gasteiger partial charge in [-0.15, -0.1) is 0 Å². The van der Waals surface area contributed by atoms with Crippen molar-refractivity contribution >= 4 is 40.2 Å². The maximum atomic E-state index is 12.8. The summed E-state index contributed by atoms with van der Waals surface area (Å²) in [4.78, 5) is 36.7. The second kappa shape index (κ2) is 13.6. The van der Waals surface area contributed by atoms with Gasteiger partial charge in [0.1, 0.15) is 5.25 Å². The van der Waals surface area contributed by atoms with E-state index in [1.54, 1.807) is 31.2 Å². The summed E-state index contributed by atoms with van der Waals surface area (Å²) in [6, 6.07) is 14.6. The van der Waals surface area contributed by atoms with Crippen LogP contribution in [0, 0.1) is 0 Å². The molecule has 0 radical (unpaired) electrons. The molecule has 2 aromatic rings. The Morgan fingerprint density at radius 3 is 2.28 bits per heavy atom. The molecule has 2 atom stereocenters. The van der Waals surface area contributed by atoms with Crippen LogP contribution >= 0.6 is 11.6 Å². The maximum Gasteiger partial charge on any atom is 0.338 e. The minimum Gasteiger partial charge on any atom is -0.462 e. The molecule has 0 N–H and O–H groups in total. The molecule has 0 saturated carbocycles. The highest BCUT2D eigenvalue weighted by molar-refractivity contribution is 7.85. The van der Waals surface area contributed by atoms with Gasteiger partial charge < -0.3 is 4.74 Å². The fraction of sp³-hybridized carbons (Fsp3) is 0.444. The van der Waals surface area contributed by atoms with Gasteiger partial charge in [0, 0.05) is 35.0 Å². The molecule has 0 spiro atoms. The summed E-state index contributed by atoms with van der Waals surface area (Å²) in [5.74, 6) is -0.667. The SMILES string of the molecule is CCOC(=O)c1ccc(CS(=O)C2CN(N(CCCCCCc3ccc(Cl)cc3)C(C)=O)C2=O)cc1. The number of unbranched alkanes of at least 4 members (excludes halogenated alkanes) is 3. The van der Waals surface area contributed by atoms with Crippen LogP contribution in [0.1, 0.15) is 61.0 Å². The zero-order chi connectivity index (χ0) is 26.1. The van der Waals surface area contributed by atoms with Gasteiger partial charge in [-0.25, -0.2) is 9.80 Å². The smallest absolute Gasteiger partial charge is 0.338 e. The number of benzene rings is 2. The van der Waals surface area contributed by atoms with Crippen LogP contribution in [-0.4, -0.2) is 57.0 Å². The zero-order valence-corrected chi connectivity index (χ0v) is 22.4. The highest BCUT2D eigenvalue weighted by Crippen LogP contribution is 2.22. The van der Waals surface area contributed by atoms with Crippen LogP contribution in [-0.2, 0) is 37.3 Å². The topological polar surface area (TPSA) is 84.0 Å². The lowest BCUT2D eigenvalue weighted by Gasteiger charge is -2.44. The first kappa shape index (κ1) is 27.9. The number of hydrazine groups is 1. The number of ether oxygens (including phenoxy) is 1. The number of halogens is 1. The number of esters is 1. The van der Waals surface area contributed by atoms with Gasteiger partial charge in [-0.2, -0.15) is 0 Å². The Balaban J connectivity index is 1.40. The standard InChI is InChI=1S/C27H33ClN2O5S/c1-3-35-27(33)23-13-9-22(10-14-23)19-36(34)25-18-30(26(25)32)29(20(2)31)17-7-5-4-6-8-21-11-15-24(28)16-12-21/h9-16,25H,3-8,17-19H2,1-2H3. The number of nitrogens with zero attached hydrogens (tertiary/aromatic N) is 2. The minimum absolute atomic E-state index is 0.191. The van der Waals surface area contributed by atoms with Crippen molar-refractivity contribution in [2.75, 3.05) is 19.7 Å². The van der Waals surface area contributed by atoms with Crippen molar-refractivity contribution in [1.29, 1.82) is 0 Å². The van der Waals surface area contributed by atoms with Crippen molar-refractivity contribution < 1.29 is 23.3 Å². The second-order valence-corrected chi connectivity index (χ2v) is 10.8. The van der Waals surface area contributed by atoms with Gasteiger partial charge in [0.25, 0.3) is 5.91 Å². The van der Waals surface area contributed by atoms with Crippen LogP contribution in [0.4, 0.5) is 0 Å². The first-order chi connectivity index (χ1) is 17.3. The van der Waals surface area contributed by atoms with Crippen LogP contribution < -0.4 is 0 Å². The normalized spacial score (nSPS) is 15.8. The van der Waals surface area contributed by atoms with Crippen LogP contribution in [0.3, 0.4) is 0 Å². The van der Waals surface area contributed by atoms with Crippen molar-refractivity contribution in [2.45, 2.75) is 57.0 Å². The van der Waals surface area contributed by atoms with Gasteiger partial charge in [0.05, 0.1) is 18.7 Å². The molecule has 1 aliphatic heterocycles. The molecule has 1 saturated heterocycles. The summed E-state index contributed by atoms with van der Waals surface area (Å²) in [6.07, 6.45) is 4.81. The van der Waals surface area contributed by atoms with Gasteiger partial charge in [0.2, 0.25) is 5.91 Å². The summed E-state index contributed by atoms with van der Waals surface area (Å²) >= 11 is 5.92. The quantitative estimate of drug-likeness (QED) is 0.215. The van der Waals surface area contributed by atoms with Crippen LogP contribution in [0.25, 0.3) is 0 Å². The molecule has 1 fully saturated rings. The molecule has 0 aliphatic carbocycles. The van der Waals surface area contributed by atoms with Crippen molar-refractivity contribution in [3.05, 3.63) is 70.2 Å². The molecule has 2 amide bonds. The lowest BCUT2D eigenvalue weighted by atomic mass is 10.1.